The Morgan fingerprint density at radius 3 is 2.50 bits per heavy atom. The lowest BCUT2D eigenvalue weighted by Gasteiger charge is -2.30. The van der Waals surface area contributed by atoms with E-state index in [0.29, 0.717) is 30.4 Å². The second-order valence-corrected chi connectivity index (χ2v) is 17.5. The number of halogens is 1. The monoisotopic (exact) mass is 715 g/mol. The van der Waals surface area contributed by atoms with Crippen molar-refractivity contribution in [2.24, 2.45) is 5.92 Å². The van der Waals surface area contributed by atoms with Crippen LogP contribution < -0.4 is 15.7 Å². The van der Waals surface area contributed by atoms with Crippen LogP contribution in [0.25, 0.3) is 0 Å². The van der Waals surface area contributed by atoms with Crippen LogP contribution in [-0.2, 0) is 41.5 Å². The number of ether oxygens (including phenoxy) is 2. The maximum atomic E-state index is 14.4. The molecule has 272 valence electrons. The maximum absolute atomic E-state index is 14.4. The molecule has 3 heterocycles. The summed E-state index contributed by atoms with van der Waals surface area (Å²) in [6, 6.07) is 2.52. The van der Waals surface area contributed by atoms with Crippen LogP contribution in [0.15, 0.2) is 30.4 Å². The fourth-order valence-electron chi connectivity index (χ4n) is 7.57. The van der Waals surface area contributed by atoms with Crippen LogP contribution in [0.2, 0.25) is 0 Å². The summed E-state index contributed by atoms with van der Waals surface area (Å²) >= 11 is 0. The number of alkyl carbamates (subject to hydrolysis) is 1. The van der Waals surface area contributed by atoms with Crippen molar-refractivity contribution in [3.05, 3.63) is 47.3 Å². The molecule has 5 amide bonds. The predicted molar refractivity (Wildman–Crippen MR) is 180 cm³/mol. The molecule has 1 unspecified atom stereocenters. The first-order chi connectivity index (χ1) is 23.8. The molecular formula is C35H47FN5O8P. The van der Waals surface area contributed by atoms with Crippen LogP contribution in [0.1, 0.15) is 81.8 Å². The molecule has 0 radical (unpaired) electrons. The van der Waals surface area contributed by atoms with E-state index in [9.17, 15) is 32.9 Å². The van der Waals surface area contributed by atoms with Crippen LogP contribution in [0.3, 0.4) is 0 Å². The van der Waals surface area contributed by atoms with Crippen LogP contribution in [0, 0.1) is 11.7 Å². The van der Waals surface area contributed by atoms with Crippen LogP contribution in [-0.4, -0.2) is 89.4 Å². The molecule has 1 saturated heterocycles. The molecule has 5 atom stereocenters. The molecule has 15 heteroatoms. The number of nitrogens with one attached hydrogen (secondary N) is 3. The highest BCUT2D eigenvalue weighted by molar-refractivity contribution is 7.61. The molecule has 0 aromatic heterocycles. The van der Waals surface area contributed by atoms with Gasteiger partial charge in [0.2, 0.25) is 11.8 Å². The topological polar surface area (TPSA) is 163 Å². The van der Waals surface area contributed by atoms with Gasteiger partial charge < -0.3 is 34.7 Å². The average molecular weight is 716 g/mol. The number of amides is 5. The summed E-state index contributed by atoms with van der Waals surface area (Å²) in [5, 5.41) is 8.20. The molecule has 13 nitrogen and oxygen atoms in total. The first-order valence-electron chi connectivity index (χ1n) is 17.7. The number of allylic oxidation sites excluding steroid dienone is 1. The Kier molecular flexibility index (Phi) is 10.6. The van der Waals surface area contributed by atoms with Gasteiger partial charge in [-0.2, -0.15) is 0 Å². The van der Waals surface area contributed by atoms with Gasteiger partial charge in [-0.25, -0.2) is 14.0 Å². The van der Waals surface area contributed by atoms with E-state index in [1.807, 2.05) is 12.2 Å². The highest BCUT2D eigenvalue weighted by atomic mass is 31.2. The molecule has 0 bridgehead atoms. The number of carbonyl (C=O) groups is 5. The summed E-state index contributed by atoms with van der Waals surface area (Å²) in [5.41, 5.74) is -0.265. The van der Waals surface area contributed by atoms with Gasteiger partial charge in [-0.15, -0.1) is 0 Å². The van der Waals surface area contributed by atoms with E-state index in [-0.39, 0.29) is 38.1 Å². The van der Waals surface area contributed by atoms with Crippen molar-refractivity contribution < 1.29 is 42.4 Å². The van der Waals surface area contributed by atoms with Crippen molar-refractivity contribution in [2.45, 2.75) is 114 Å². The van der Waals surface area contributed by atoms with Gasteiger partial charge >= 0.3 is 12.2 Å². The molecule has 2 aliphatic carbocycles. The van der Waals surface area contributed by atoms with E-state index in [0.717, 1.165) is 44.9 Å². The maximum Gasteiger partial charge on any atom is 0.410 e. The van der Waals surface area contributed by atoms with Crippen LogP contribution in [0.4, 0.5) is 14.0 Å². The molecule has 6 rings (SSSR count). The Morgan fingerprint density at radius 2 is 1.76 bits per heavy atom. The minimum atomic E-state index is -3.01. The first-order valence-corrected chi connectivity index (χ1v) is 20.3. The number of benzene rings is 1. The zero-order valence-electron chi connectivity index (χ0n) is 28.7. The highest BCUT2D eigenvalue weighted by Crippen LogP contribution is 2.47. The Bertz CT molecular complexity index is 1590. The Hall–Kier alpha value is -3.93. The van der Waals surface area contributed by atoms with Gasteiger partial charge in [0.1, 0.15) is 35.6 Å². The lowest BCUT2D eigenvalue weighted by molar-refractivity contribution is -0.141. The third-order valence-corrected chi connectivity index (χ3v) is 11.1. The Morgan fingerprint density at radius 1 is 1.00 bits per heavy atom. The summed E-state index contributed by atoms with van der Waals surface area (Å²) in [7, 11) is -3.01. The SMILES string of the molecule is CP(C)(=O)NC(=O)[C@@]12CC1/C=C\CCCCC[C@H](NC(=O)OC1CCCC1)C(=O)N1C[C@H](OC(=O)N3Cc4cccc(F)c4C3)C[C@H]1C(=O)N2. The molecule has 3 aliphatic heterocycles. The molecule has 50 heavy (non-hydrogen) atoms. The zero-order chi connectivity index (χ0) is 35.6. The number of nitrogens with zero attached hydrogens (tertiary/aromatic N) is 2. The summed E-state index contributed by atoms with van der Waals surface area (Å²) in [5.74, 6) is -2.45. The molecular weight excluding hydrogens is 668 g/mol. The van der Waals surface area contributed by atoms with E-state index < -0.39 is 66.7 Å². The van der Waals surface area contributed by atoms with Crippen molar-refractivity contribution >= 4 is 37.2 Å². The molecule has 3 N–H and O–H groups in total. The van der Waals surface area contributed by atoms with E-state index in [2.05, 4.69) is 15.7 Å². The summed E-state index contributed by atoms with van der Waals surface area (Å²) < 4.78 is 38.4. The zero-order valence-corrected chi connectivity index (χ0v) is 29.6. The van der Waals surface area contributed by atoms with Gasteiger partial charge in [0.25, 0.3) is 5.91 Å². The number of hydrogen-bond acceptors (Lipinski definition) is 8. The average Bonchev–Trinajstić information content (AvgIpc) is 3.47. The highest BCUT2D eigenvalue weighted by Gasteiger charge is 2.61. The van der Waals surface area contributed by atoms with Crippen molar-refractivity contribution in [1.82, 2.24) is 25.5 Å². The van der Waals surface area contributed by atoms with Crippen LogP contribution in [0.5, 0.6) is 0 Å². The minimum absolute atomic E-state index is 0.0282. The lowest BCUT2D eigenvalue weighted by atomic mass is 10.0. The van der Waals surface area contributed by atoms with Gasteiger partial charge in [-0.3, -0.25) is 19.3 Å². The number of carbonyl (C=O) groups excluding carboxylic acids is 5. The second-order valence-electron chi connectivity index (χ2n) is 14.6. The molecule has 2 saturated carbocycles. The minimum Gasteiger partial charge on any atom is -0.446 e. The first kappa shape index (κ1) is 35.9. The van der Waals surface area contributed by atoms with Crippen molar-refractivity contribution in [1.29, 1.82) is 0 Å². The van der Waals surface area contributed by atoms with E-state index in [4.69, 9.17) is 9.47 Å². The summed E-state index contributed by atoms with van der Waals surface area (Å²) in [6.07, 6.45) is 8.31. The quantitative estimate of drug-likeness (QED) is 0.300. The molecule has 1 aromatic rings. The van der Waals surface area contributed by atoms with Crippen molar-refractivity contribution in [3.8, 4) is 0 Å². The summed E-state index contributed by atoms with van der Waals surface area (Å²) in [4.78, 5) is 70.9. The van der Waals surface area contributed by atoms with E-state index in [1.165, 1.54) is 29.2 Å². The number of fused-ring (bicyclic) bond motifs is 3. The third-order valence-electron chi connectivity index (χ3n) is 10.3. The van der Waals surface area contributed by atoms with E-state index >= 15 is 0 Å². The molecule has 5 aliphatic rings. The van der Waals surface area contributed by atoms with Gasteiger partial charge in [0, 0.05) is 37.8 Å². The predicted octanol–water partition coefficient (Wildman–Crippen LogP) is 4.33. The van der Waals surface area contributed by atoms with Crippen molar-refractivity contribution in [3.63, 3.8) is 0 Å². The smallest absolute Gasteiger partial charge is 0.410 e. The lowest BCUT2D eigenvalue weighted by Crippen LogP contribution is -2.57. The Balaban J connectivity index is 1.23. The number of hydrogen-bond donors (Lipinski definition) is 3. The van der Waals surface area contributed by atoms with Gasteiger partial charge in [-0.05, 0) is 63.0 Å². The Labute approximate surface area is 291 Å². The molecule has 3 fully saturated rings. The fourth-order valence-corrected chi connectivity index (χ4v) is 8.26. The van der Waals surface area contributed by atoms with Gasteiger partial charge in [0.15, 0.2) is 7.29 Å². The summed E-state index contributed by atoms with van der Waals surface area (Å²) in [6.45, 7) is 2.91. The third kappa shape index (κ3) is 8.16. The molecule has 0 spiro atoms. The second kappa shape index (κ2) is 14.7. The normalized spacial score (nSPS) is 29.4. The largest absolute Gasteiger partial charge is 0.446 e. The van der Waals surface area contributed by atoms with Crippen molar-refractivity contribution in [2.75, 3.05) is 19.9 Å². The van der Waals surface area contributed by atoms with Gasteiger partial charge in [-0.1, -0.05) is 37.1 Å². The fraction of sp³-hybridized carbons (Fsp3) is 0.629. The van der Waals surface area contributed by atoms with Gasteiger partial charge in [0.05, 0.1) is 13.1 Å². The standard InChI is InChI=1S/C35H47FN5O8P/c1-50(2,47)39-32(44)35-18-23(35)12-6-4-3-5-7-16-28(37-33(45)48-24-13-8-9-14-24)31(43)41-20-25(17-29(41)30(42)38-35)49-34(46)40-19-22-11-10-15-27(36)26(22)21-40/h6,10-12,15,23-25,28-29H,3-5,7-9,13-14,16-21H2,1-2H3,(H,37,45)(H,38,42)(H,39,44,47)/b12-6-/t23?,25-,28+,29+,35-/m1/s1. The van der Waals surface area contributed by atoms with E-state index in [1.54, 1.807) is 12.1 Å². The molecule has 1 aromatic carbocycles. The number of rotatable bonds is 5. The van der Waals surface area contributed by atoms with Crippen LogP contribution >= 0.6 is 7.29 Å².